The van der Waals surface area contributed by atoms with E-state index in [1.807, 2.05) is 18.2 Å². The van der Waals surface area contributed by atoms with E-state index in [2.05, 4.69) is 12.1 Å². The summed E-state index contributed by atoms with van der Waals surface area (Å²) in [6.45, 7) is 0.552. The van der Waals surface area contributed by atoms with Gasteiger partial charge >= 0.3 is 0 Å². The smallest absolute Gasteiger partial charge is 0.272 e. The molecule has 2 heterocycles. The quantitative estimate of drug-likeness (QED) is 0.753. The Balaban J connectivity index is 1.48. The van der Waals surface area contributed by atoms with Gasteiger partial charge < -0.3 is 9.69 Å². The molecule has 3 aliphatic rings. The van der Waals surface area contributed by atoms with Crippen molar-refractivity contribution < 1.29 is 14.4 Å². The number of benzene rings is 1. The summed E-state index contributed by atoms with van der Waals surface area (Å²) in [5.74, 6) is -0.384. The van der Waals surface area contributed by atoms with Gasteiger partial charge in [-0.05, 0) is 35.8 Å². The van der Waals surface area contributed by atoms with Gasteiger partial charge in [0.15, 0.2) is 0 Å². The van der Waals surface area contributed by atoms with Crippen molar-refractivity contribution in [3.63, 3.8) is 0 Å². The Hall–Kier alpha value is -2.60. The number of thioether (sulfide) groups is 1. The summed E-state index contributed by atoms with van der Waals surface area (Å²) in [7, 11) is 0. The van der Waals surface area contributed by atoms with E-state index in [9.17, 15) is 14.4 Å². The van der Waals surface area contributed by atoms with Gasteiger partial charge in [-0.15, -0.1) is 11.8 Å². The van der Waals surface area contributed by atoms with E-state index in [1.54, 1.807) is 21.9 Å². The summed E-state index contributed by atoms with van der Waals surface area (Å²) >= 11 is 1.37. The number of rotatable bonds is 4. The molecular formula is C21H20N2O3S. The molecule has 1 fully saturated rings. The van der Waals surface area contributed by atoms with E-state index in [-0.39, 0.29) is 18.2 Å². The van der Waals surface area contributed by atoms with Gasteiger partial charge in [-0.2, -0.15) is 0 Å². The molecule has 27 heavy (non-hydrogen) atoms. The average molecular weight is 380 g/mol. The van der Waals surface area contributed by atoms with Crippen LogP contribution in [0.25, 0.3) is 6.08 Å². The van der Waals surface area contributed by atoms with Crippen LogP contribution in [0.1, 0.15) is 30.4 Å². The Morgan fingerprint density at radius 1 is 1.26 bits per heavy atom. The maximum absolute atomic E-state index is 12.9. The normalized spacial score (nSPS) is 21.0. The molecule has 1 atom stereocenters. The molecule has 1 aromatic rings. The number of hydrogen-bond donors (Lipinski definition) is 0. The highest BCUT2D eigenvalue weighted by Crippen LogP contribution is 2.30. The van der Waals surface area contributed by atoms with Crippen LogP contribution in [0.4, 0.5) is 0 Å². The number of aldehydes is 1. The van der Waals surface area contributed by atoms with E-state index in [4.69, 9.17) is 0 Å². The molecule has 0 radical (unpaired) electrons. The highest BCUT2D eigenvalue weighted by Gasteiger charge is 2.34. The lowest BCUT2D eigenvalue weighted by Crippen LogP contribution is -2.42. The zero-order valence-electron chi connectivity index (χ0n) is 14.8. The highest BCUT2D eigenvalue weighted by molar-refractivity contribution is 8.05. The van der Waals surface area contributed by atoms with E-state index in [0.717, 1.165) is 30.3 Å². The lowest BCUT2D eigenvalue weighted by atomic mass is 10.1. The minimum absolute atomic E-state index is 0.132. The summed E-state index contributed by atoms with van der Waals surface area (Å²) in [5, 5.41) is 3.48. The van der Waals surface area contributed by atoms with Crippen molar-refractivity contribution in [2.75, 3.05) is 6.54 Å². The minimum Gasteiger partial charge on any atom is -0.328 e. The molecule has 2 aliphatic heterocycles. The maximum atomic E-state index is 12.9. The molecule has 5 nitrogen and oxygen atoms in total. The molecular weight excluding hydrogens is 360 g/mol. The van der Waals surface area contributed by atoms with Crippen molar-refractivity contribution in [3.05, 3.63) is 63.7 Å². The van der Waals surface area contributed by atoms with E-state index in [1.165, 1.54) is 22.2 Å². The molecule has 0 spiro atoms. The molecule has 4 rings (SSSR count). The Morgan fingerprint density at radius 3 is 2.93 bits per heavy atom. The fourth-order valence-corrected chi connectivity index (χ4v) is 4.40. The number of nitrogens with zero attached hydrogens (tertiary/aromatic N) is 2. The van der Waals surface area contributed by atoms with Crippen LogP contribution < -0.4 is 0 Å². The Kier molecular flexibility index (Phi) is 4.99. The van der Waals surface area contributed by atoms with Gasteiger partial charge in [-0.1, -0.05) is 35.9 Å². The molecule has 1 aliphatic carbocycles. The molecule has 0 aromatic heterocycles. The van der Waals surface area contributed by atoms with Crippen LogP contribution in [0.15, 0.2) is 52.6 Å². The van der Waals surface area contributed by atoms with Crippen LogP contribution in [-0.2, 0) is 20.8 Å². The molecule has 0 bridgehead atoms. The van der Waals surface area contributed by atoms with Crippen molar-refractivity contribution in [2.24, 2.45) is 0 Å². The van der Waals surface area contributed by atoms with E-state index in [0.29, 0.717) is 18.7 Å². The first kappa shape index (κ1) is 17.8. The van der Waals surface area contributed by atoms with Gasteiger partial charge in [-0.25, -0.2) is 0 Å². The van der Waals surface area contributed by atoms with Gasteiger partial charge in [0, 0.05) is 24.6 Å². The first-order valence-corrected chi connectivity index (χ1v) is 9.99. The third-order valence-corrected chi connectivity index (χ3v) is 5.78. The number of carbonyl (C=O) groups is 3. The van der Waals surface area contributed by atoms with E-state index < -0.39 is 6.04 Å². The zero-order valence-corrected chi connectivity index (χ0v) is 15.7. The second kappa shape index (κ2) is 7.56. The fraction of sp³-hybridized carbons (Fsp3) is 0.286. The van der Waals surface area contributed by atoms with Crippen molar-refractivity contribution in [3.8, 4) is 0 Å². The van der Waals surface area contributed by atoms with Crippen LogP contribution in [0, 0.1) is 0 Å². The van der Waals surface area contributed by atoms with Crippen LogP contribution in [0.3, 0.4) is 0 Å². The summed E-state index contributed by atoms with van der Waals surface area (Å²) in [4.78, 5) is 40.1. The van der Waals surface area contributed by atoms with Crippen LogP contribution in [-0.4, -0.2) is 40.5 Å². The molecule has 1 aromatic carbocycles. The molecule has 2 amide bonds. The standard InChI is InChI=1S/C21H20N2O3S/c24-13-18-6-3-7-22(18)21(26)19-14-27-9-8-23(19)20(25)12-15-10-16-4-1-2-5-17(16)11-15/h1-2,4-5,8-10,13-14,18H,3,6-7,11-12H2/t18-/m0/s1. The summed E-state index contributed by atoms with van der Waals surface area (Å²) < 4.78 is 0. The number of fused-ring (bicyclic) bond motifs is 1. The first-order chi connectivity index (χ1) is 13.2. The molecule has 138 valence electrons. The molecule has 6 heteroatoms. The molecule has 0 saturated carbocycles. The monoisotopic (exact) mass is 380 g/mol. The van der Waals surface area contributed by atoms with Crippen molar-refractivity contribution >= 4 is 35.9 Å². The van der Waals surface area contributed by atoms with Crippen molar-refractivity contribution in [2.45, 2.75) is 31.7 Å². The number of carbonyl (C=O) groups excluding carboxylic acids is 3. The number of amides is 2. The second-order valence-corrected chi connectivity index (χ2v) is 7.67. The highest BCUT2D eigenvalue weighted by atomic mass is 32.2. The minimum atomic E-state index is -0.390. The fourth-order valence-electron chi connectivity index (χ4n) is 3.79. The molecule has 1 saturated heterocycles. The first-order valence-electron chi connectivity index (χ1n) is 9.05. The van der Waals surface area contributed by atoms with Crippen LogP contribution in [0.5, 0.6) is 0 Å². The van der Waals surface area contributed by atoms with Gasteiger partial charge in [0.25, 0.3) is 5.91 Å². The Morgan fingerprint density at radius 2 is 2.11 bits per heavy atom. The van der Waals surface area contributed by atoms with Crippen LogP contribution >= 0.6 is 11.8 Å². The predicted molar refractivity (Wildman–Crippen MR) is 105 cm³/mol. The third kappa shape index (κ3) is 3.49. The van der Waals surface area contributed by atoms with Crippen LogP contribution in [0.2, 0.25) is 0 Å². The van der Waals surface area contributed by atoms with Gasteiger partial charge in [0.1, 0.15) is 12.0 Å². The van der Waals surface area contributed by atoms with Gasteiger partial charge in [-0.3, -0.25) is 14.5 Å². The Bertz CT molecular complexity index is 887. The van der Waals surface area contributed by atoms with E-state index >= 15 is 0 Å². The van der Waals surface area contributed by atoms with Crippen molar-refractivity contribution in [1.29, 1.82) is 0 Å². The third-order valence-electron chi connectivity index (χ3n) is 5.14. The Labute approximate surface area is 162 Å². The summed E-state index contributed by atoms with van der Waals surface area (Å²) in [6, 6.07) is 7.72. The van der Waals surface area contributed by atoms with Gasteiger partial charge in [0.05, 0.1) is 6.04 Å². The summed E-state index contributed by atoms with van der Waals surface area (Å²) in [6.07, 6.45) is 7.06. The number of likely N-dealkylation sites (tertiary alicyclic amines) is 1. The largest absolute Gasteiger partial charge is 0.328 e. The lowest BCUT2D eigenvalue weighted by Gasteiger charge is -2.28. The molecule has 0 unspecified atom stereocenters. The maximum Gasteiger partial charge on any atom is 0.272 e. The lowest BCUT2D eigenvalue weighted by molar-refractivity contribution is -0.135. The topological polar surface area (TPSA) is 57.7 Å². The van der Waals surface area contributed by atoms with Gasteiger partial charge in [0.2, 0.25) is 5.91 Å². The SMILES string of the molecule is O=C[C@@H]1CCCN1C(=O)C1=CSC=CN1C(=O)CC1=Cc2ccccc2C1. The second-order valence-electron chi connectivity index (χ2n) is 6.89. The average Bonchev–Trinajstić information content (AvgIpc) is 3.33. The van der Waals surface area contributed by atoms with Crippen molar-refractivity contribution in [1.82, 2.24) is 9.80 Å². The predicted octanol–water partition coefficient (Wildman–Crippen LogP) is 3.09. The molecule has 0 N–H and O–H groups in total. The zero-order chi connectivity index (χ0) is 18.8. The number of hydrogen-bond acceptors (Lipinski definition) is 4. The summed E-state index contributed by atoms with van der Waals surface area (Å²) in [5.41, 5.74) is 3.76.